The van der Waals surface area contributed by atoms with Gasteiger partial charge in [-0.2, -0.15) is 5.10 Å². The molecule has 9 nitrogen and oxygen atoms in total. The van der Waals surface area contributed by atoms with E-state index in [0.717, 1.165) is 6.26 Å². The molecule has 3 aromatic rings. The van der Waals surface area contributed by atoms with Crippen LogP contribution in [0.25, 0.3) is 17.1 Å². The minimum atomic E-state index is -3.29. The number of hydrogen-bond acceptors (Lipinski definition) is 6. The van der Waals surface area contributed by atoms with E-state index in [1.165, 1.54) is 0 Å². The summed E-state index contributed by atoms with van der Waals surface area (Å²) in [4.78, 5) is 21.2. The van der Waals surface area contributed by atoms with E-state index in [-0.39, 0.29) is 18.1 Å². The van der Waals surface area contributed by atoms with E-state index in [9.17, 15) is 13.2 Å². The maximum atomic E-state index is 12.6. The Balaban J connectivity index is 1.97. The molecule has 0 fully saturated rings. The number of pyridine rings is 2. The van der Waals surface area contributed by atoms with Crippen molar-refractivity contribution in [2.45, 2.75) is 32.9 Å². The molecule has 0 aromatic carbocycles. The van der Waals surface area contributed by atoms with Crippen LogP contribution in [0.3, 0.4) is 0 Å². The van der Waals surface area contributed by atoms with Crippen molar-refractivity contribution in [3.05, 3.63) is 60.2 Å². The van der Waals surface area contributed by atoms with Gasteiger partial charge in [0, 0.05) is 24.5 Å². The highest BCUT2D eigenvalue weighted by Gasteiger charge is 2.21. The van der Waals surface area contributed by atoms with Crippen LogP contribution in [0.1, 0.15) is 36.8 Å². The van der Waals surface area contributed by atoms with Gasteiger partial charge in [0.15, 0.2) is 5.69 Å². The van der Waals surface area contributed by atoms with Gasteiger partial charge in [0.2, 0.25) is 10.0 Å². The molecule has 0 bridgehead atoms. The lowest BCUT2D eigenvalue weighted by Gasteiger charge is -2.19. The Morgan fingerprint density at radius 1 is 1.17 bits per heavy atom. The summed E-state index contributed by atoms with van der Waals surface area (Å²) in [5.41, 5.74) is 2.46. The minimum absolute atomic E-state index is 0.146. The van der Waals surface area contributed by atoms with Crippen molar-refractivity contribution in [1.29, 1.82) is 0 Å². The Morgan fingerprint density at radius 2 is 1.93 bits per heavy atom. The van der Waals surface area contributed by atoms with Crippen LogP contribution in [0.15, 0.2) is 48.9 Å². The molecule has 10 heteroatoms. The number of sulfonamides is 1. The highest BCUT2D eigenvalue weighted by atomic mass is 32.2. The van der Waals surface area contributed by atoms with Crippen LogP contribution >= 0.6 is 0 Å². The van der Waals surface area contributed by atoms with E-state index in [4.69, 9.17) is 0 Å². The van der Waals surface area contributed by atoms with E-state index in [0.29, 0.717) is 22.6 Å². The van der Waals surface area contributed by atoms with Crippen LogP contribution < -0.4 is 10.0 Å². The van der Waals surface area contributed by atoms with Gasteiger partial charge in [-0.25, -0.2) is 17.8 Å². The summed E-state index contributed by atoms with van der Waals surface area (Å²) in [6.07, 6.45) is 5.99. The van der Waals surface area contributed by atoms with Crippen LogP contribution in [0.5, 0.6) is 0 Å². The fourth-order valence-electron chi connectivity index (χ4n) is 2.65. The third kappa shape index (κ3) is 5.71. The fraction of sp³-hybridized carbons (Fsp3) is 0.300. The first kappa shape index (κ1) is 21.6. The Morgan fingerprint density at radius 3 is 2.50 bits per heavy atom. The monoisotopic (exact) mass is 428 g/mol. The Bertz CT molecular complexity index is 1130. The largest absolute Gasteiger partial charge is 0.346 e. The zero-order valence-corrected chi connectivity index (χ0v) is 18.1. The SMILES string of the molecule is CC(C)(C)NC(=O)c1cc(-c2ccc(CNS(C)(=O)=O)cn2)n(-c2cccnc2)n1. The molecule has 30 heavy (non-hydrogen) atoms. The molecule has 0 unspecified atom stereocenters. The molecule has 2 N–H and O–H groups in total. The number of aromatic nitrogens is 4. The third-order valence-electron chi connectivity index (χ3n) is 3.95. The predicted molar refractivity (Wildman–Crippen MR) is 113 cm³/mol. The molecule has 0 saturated heterocycles. The fourth-order valence-corrected chi connectivity index (χ4v) is 3.08. The molecule has 1 amide bonds. The van der Waals surface area contributed by atoms with E-state index < -0.39 is 15.6 Å². The first-order valence-corrected chi connectivity index (χ1v) is 11.1. The van der Waals surface area contributed by atoms with Crippen LogP contribution in [0.2, 0.25) is 0 Å². The van der Waals surface area contributed by atoms with E-state index in [2.05, 4.69) is 25.1 Å². The third-order valence-corrected chi connectivity index (χ3v) is 4.62. The van der Waals surface area contributed by atoms with E-state index in [1.54, 1.807) is 47.5 Å². The van der Waals surface area contributed by atoms with Gasteiger partial charge in [0.25, 0.3) is 5.91 Å². The molecule has 0 aliphatic carbocycles. The van der Waals surface area contributed by atoms with Gasteiger partial charge in [0.1, 0.15) is 0 Å². The molecule has 0 spiro atoms. The average molecular weight is 429 g/mol. The van der Waals surface area contributed by atoms with Gasteiger partial charge in [0.05, 0.1) is 29.5 Å². The van der Waals surface area contributed by atoms with Crippen molar-refractivity contribution in [3.63, 3.8) is 0 Å². The second-order valence-corrected chi connectivity index (χ2v) is 9.72. The summed E-state index contributed by atoms with van der Waals surface area (Å²) in [6.45, 7) is 5.84. The summed E-state index contributed by atoms with van der Waals surface area (Å²) in [5.74, 6) is -0.291. The van der Waals surface area contributed by atoms with E-state index in [1.807, 2.05) is 26.8 Å². The van der Waals surface area contributed by atoms with Crippen molar-refractivity contribution in [1.82, 2.24) is 29.8 Å². The molecule has 3 aromatic heterocycles. The molecule has 0 aliphatic heterocycles. The smallest absolute Gasteiger partial charge is 0.272 e. The van der Waals surface area contributed by atoms with Gasteiger partial charge in [-0.1, -0.05) is 6.07 Å². The maximum Gasteiger partial charge on any atom is 0.272 e. The Hall–Kier alpha value is -3.11. The summed E-state index contributed by atoms with van der Waals surface area (Å²) in [7, 11) is -3.29. The van der Waals surface area contributed by atoms with Crippen LogP contribution in [-0.4, -0.2) is 45.9 Å². The zero-order chi connectivity index (χ0) is 21.9. The summed E-state index contributed by atoms with van der Waals surface area (Å²) >= 11 is 0. The number of nitrogens with one attached hydrogen (secondary N) is 2. The molecular weight excluding hydrogens is 404 g/mol. The van der Waals surface area contributed by atoms with Crippen molar-refractivity contribution >= 4 is 15.9 Å². The van der Waals surface area contributed by atoms with E-state index >= 15 is 0 Å². The lowest BCUT2D eigenvalue weighted by molar-refractivity contribution is 0.0914. The Kier molecular flexibility index (Phi) is 5.99. The number of nitrogens with zero attached hydrogens (tertiary/aromatic N) is 4. The van der Waals surface area contributed by atoms with Crippen molar-refractivity contribution in [3.8, 4) is 17.1 Å². The number of hydrogen-bond donors (Lipinski definition) is 2. The van der Waals surface area contributed by atoms with Crippen LogP contribution in [0.4, 0.5) is 0 Å². The Labute approximate surface area is 175 Å². The molecule has 3 rings (SSSR count). The van der Waals surface area contributed by atoms with Gasteiger partial charge < -0.3 is 5.32 Å². The van der Waals surface area contributed by atoms with Crippen molar-refractivity contribution < 1.29 is 13.2 Å². The van der Waals surface area contributed by atoms with Gasteiger partial charge in [-0.05, 0) is 50.6 Å². The number of rotatable bonds is 6. The second-order valence-electron chi connectivity index (χ2n) is 7.89. The molecule has 0 atom stereocenters. The molecule has 0 radical (unpaired) electrons. The van der Waals surface area contributed by atoms with Crippen molar-refractivity contribution in [2.24, 2.45) is 0 Å². The maximum absolute atomic E-state index is 12.6. The van der Waals surface area contributed by atoms with Gasteiger partial charge in [-0.3, -0.25) is 14.8 Å². The lowest BCUT2D eigenvalue weighted by Crippen LogP contribution is -2.40. The highest BCUT2D eigenvalue weighted by Crippen LogP contribution is 2.23. The number of carbonyl (C=O) groups excluding carboxylic acids is 1. The predicted octanol–water partition coefficient (Wildman–Crippen LogP) is 1.91. The second kappa shape index (κ2) is 8.33. The normalized spacial score (nSPS) is 12.0. The van der Waals surface area contributed by atoms with Gasteiger partial charge >= 0.3 is 0 Å². The topological polar surface area (TPSA) is 119 Å². The summed E-state index contributed by atoms with van der Waals surface area (Å²) in [5, 5.41) is 7.37. The zero-order valence-electron chi connectivity index (χ0n) is 17.2. The minimum Gasteiger partial charge on any atom is -0.346 e. The lowest BCUT2D eigenvalue weighted by atomic mass is 10.1. The summed E-state index contributed by atoms with van der Waals surface area (Å²) < 4.78 is 26.6. The molecule has 0 saturated carbocycles. The molecule has 158 valence electrons. The van der Waals surface area contributed by atoms with Gasteiger partial charge in [-0.15, -0.1) is 0 Å². The molecule has 0 aliphatic rings. The number of amides is 1. The first-order chi connectivity index (χ1) is 14.0. The summed E-state index contributed by atoms with van der Waals surface area (Å²) in [6, 6.07) is 8.82. The molecule has 3 heterocycles. The number of carbonyl (C=O) groups is 1. The highest BCUT2D eigenvalue weighted by molar-refractivity contribution is 7.88. The molecular formula is C20H24N6O3S. The quantitative estimate of drug-likeness (QED) is 0.619. The van der Waals surface area contributed by atoms with Crippen LogP contribution in [0, 0.1) is 0 Å². The standard InChI is InChI=1S/C20H24N6O3S/c1-20(2,3)24-19(27)17-10-18(26(25-17)15-6-5-9-21-13-15)16-8-7-14(11-22-16)12-23-30(4,28)29/h5-11,13,23H,12H2,1-4H3,(H,24,27). The van der Waals surface area contributed by atoms with Crippen LogP contribution in [-0.2, 0) is 16.6 Å². The van der Waals surface area contributed by atoms with Crippen molar-refractivity contribution in [2.75, 3.05) is 6.26 Å². The first-order valence-electron chi connectivity index (χ1n) is 9.25. The average Bonchev–Trinajstić information content (AvgIpc) is 3.11.